The molecule has 2 aromatic carbocycles. The first-order chi connectivity index (χ1) is 16.0. The number of urea groups is 1. The number of hydrogen-bond donors (Lipinski definition) is 1. The summed E-state index contributed by atoms with van der Waals surface area (Å²) in [6.07, 6.45) is 6.47. The van der Waals surface area contributed by atoms with Crippen LogP contribution in [0.1, 0.15) is 49.3 Å². The molecule has 0 spiro atoms. The molecule has 4 saturated carbocycles. The zero-order valence-corrected chi connectivity index (χ0v) is 20.1. The molecule has 6 heteroatoms. The van der Waals surface area contributed by atoms with Crippen LogP contribution in [-0.2, 0) is 4.74 Å². The first-order valence-electron chi connectivity index (χ1n) is 12.2. The number of carbonyl (C=O) groups excluding carboxylic acids is 1. The van der Waals surface area contributed by atoms with E-state index in [2.05, 4.69) is 5.32 Å². The van der Waals surface area contributed by atoms with Gasteiger partial charge in [-0.3, -0.25) is 0 Å². The standard InChI is InChI=1S/C27H30Cl2N2O2/c28-22-5-1-18(2-6-22)26(19-3-7-23(29)8-4-19)33-24-14-31(15-24)27(32)30-25-20-10-16-9-17(12-20)13-21(25)11-16/h1-8,16-17,20-21,24-26H,9-15H2,(H,30,32). The van der Waals surface area contributed by atoms with Crippen LogP contribution in [0.4, 0.5) is 4.79 Å². The molecule has 4 bridgehead atoms. The number of nitrogens with one attached hydrogen (secondary N) is 1. The van der Waals surface area contributed by atoms with Crippen molar-refractivity contribution in [3.05, 3.63) is 69.7 Å². The van der Waals surface area contributed by atoms with Gasteiger partial charge in [-0.25, -0.2) is 4.79 Å². The van der Waals surface area contributed by atoms with E-state index in [-0.39, 0.29) is 18.2 Å². The van der Waals surface area contributed by atoms with Gasteiger partial charge in [-0.1, -0.05) is 47.5 Å². The Morgan fingerprint density at radius 1 is 0.818 bits per heavy atom. The van der Waals surface area contributed by atoms with Crippen molar-refractivity contribution in [2.75, 3.05) is 13.1 Å². The topological polar surface area (TPSA) is 41.6 Å². The number of hydrogen-bond acceptors (Lipinski definition) is 2. The summed E-state index contributed by atoms with van der Waals surface area (Å²) in [5.41, 5.74) is 2.08. The second-order valence-corrected chi connectivity index (χ2v) is 11.4. The molecule has 0 radical (unpaired) electrons. The summed E-state index contributed by atoms with van der Waals surface area (Å²) < 4.78 is 6.50. The number of carbonyl (C=O) groups is 1. The lowest BCUT2D eigenvalue weighted by molar-refractivity contribution is -0.0674. The number of likely N-dealkylation sites (tertiary alicyclic amines) is 1. The highest BCUT2D eigenvalue weighted by atomic mass is 35.5. The summed E-state index contributed by atoms with van der Waals surface area (Å²) in [4.78, 5) is 14.9. The minimum Gasteiger partial charge on any atom is -0.362 e. The molecule has 2 amide bonds. The number of halogens is 2. The van der Waals surface area contributed by atoms with Gasteiger partial charge in [-0.2, -0.15) is 0 Å². The Kier molecular flexibility index (Phi) is 5.80. The molecule has 33 heavy (non-hydrogen) atoms. The molecule has 0 unspecified atom stereocenters. The fraction of sp³-hybridized carbons (Fsp3) is 0.519. The van der Waals surface area contributed by atoms with Crippen molar-refractivity contribution in [2.45, 2.75) is 50.4 Å². The third-order valence-corrected chi connectivity index (χ3v) is 8.83. The maximum atomic E-state index is 13.0. The molecule has 5 aliphatic rings. The van der Waals surface area contributed by atoms with Crippen LogP contribution in [0.2, 0.25) is 10.0 Å². The summed E-state index contributed by atoms with van der Waals surface area (Å²) >= 11 is 12.2. The van der Waals surface area contributed by atoms with E-state index in [9.17, 15) is 4.79 Å². The van der Waals surface area contributed by atoms with Crippen molar-refractivity contribution in [3.63, 3.8) is 0 Å². The Morgan fingerprint density at radius 2 is 1.30 bits per heavy atom. The highest BCUT2D eigenvalue weighted by molar-refractivity contribution is 6.30. The Morgan fingerprint density at radius 3 is 1.79 bits per heavy atom. The summed E-state index contributed by atoms with van der Waals surface area (Å²) in [5.74, 6) is 3.22. The zero-order valence-electron chi connectivity index (χ0n) is 18.6. The van der Waals surface area contributed by atoms with Crippen molar-refractivity contribution in [1.82, 2.24) is 10.2 Å². The summed E-state index contributed by atoms with van der Waals surface area (Å²) in [7, 11) is 0. The number of nitrogens with zero attached hydrogens (tertiary/aromatic N) is 1. The van der Waals surface area contributed by atoms with Gasteiger partial charge >= 0.3 is 6.03 Å². The monoisotopic (exact) mass is 484 g/mol. The van der Waals surface area contributed by atoms with E-state index in [1.54, 1.807) is 0 Å². The second-order valence-electron chi connectivity index (χ2n) is 10.6. The summed E-state index contributed by atoms with van der Waals surface area (Å²) in [6.45, 7) is 1.24. The first-order valence-corrected chi connectivity index (χ1v) is 13.0. The molecule has 1 heterocycles. The predicted octanol–water partition coefficient (Wildman–Crippen LogP) is 6.32. The molecule has 0 aromatic heterocycles. The van der Waals surface area contributed by atoms with Crippen molar-refractivity contribution >= 4 is 29.2 Å². The van der Waals surface area contributed by atoms with Crippen LogP contribution >= 0.6 is 23.2 Å². The van der Waals surface area contributed by atoms with Crippen molar-refractivity contribution in [2.24, 2.45) is 23.7 Å². The first kappa shape index (κ1) is 21.8. The van der Waals surface area contributed by atoms with Crippen molar-refractivity contribution in [1.29, 1.82) is 0 Å². The SMILES string of the molecule is O=C(NC1C2CC3CC(C2)CC1C3)N1CC(OC(c2ccc(Cl)cc2)c2ccc(Cl)cc2)C1. The lowest BCUT2D eigenvalue weighted by Gasteiger charge is -2.55. The van der Waals surface area contributed by atoms with Gasteiger partial charge in [-0.15, -0.1) is 0 Å². The van der Waals surface area contributed by atoms with Crippen LogP contribution < -0.4 is 5.32 Å². The molecule has 1 saturated heterocycles. The average molecular weight is 485 g/mol. The Balaban J connectivity index is 1.08. The molecule has 2 aromatic rings. The smallest absolute Gasteiger partial charge is 0.317 e. The lowest BCUT2D eigenvalue weighted by Crippen LogP contribution is -2.63. The van der Waals surface area contributed by atoms with Crippen LogP contribution in [0.3, 0.4) is 0 Å². The van der Waals surface area contributed by atoms with Crippen LogP contribution in [-0.4, -0.2) is 36.2 Å². The van der Waals surface area contributed by atoms with Gasteiger partial charge in [0.2, 0.25) is 0 Å². The number of amides is 2. The molecule has 174 valence electrons. The number of benzene rings is 2. The van der Waals surface area contributed by atoms with E-state index in [4.69, 9.17) is 27.9 Å². The van der Waals surface area contributed by atoms with Gasteiger partial charge in [0.15, 0.2) is 0 Å². The quantitative estimate of drug-likeness (QED) is 0.539. The highest BCUT2D eigenvalue weighted by Crippen LogP contribution is 2.53. The van der Waals surface area contributed by atoms with E-state index in [0.717, 1.165) is 23.0 Å². The molecular formula is C27H30Cl2N2O2. The normalized spacial score (nSPS) is 30.5. The van der Waals surface area contributed by atoms with Crippen LogP contribution in [0, 0.1) is 23.7 Å². The molecule has 1 aliphatic heterocycles. The van der Waals surface area contributed by atoms with E-state index in [1.165, 1.54) is 32.1 Å². The van der Waals surface area contributed by atoms with Gasteiger partial charge in [0, 0.05) is 16.1 Å². The van der Waals surface area contributed by atoms with E-state index < -0.39 is 0 Å². The predicted molar refractivity (Wildman–Crippen MR) is 131 cm³/mol. The summed E-state index contributed by atoms with van der Waals surface area (Å²) in [6, 6.07) is 16.0. The van der Waals surface area contributed by atoms with Crippen molar-refractivity contribution in [3.8, 4) is 0 Å². The molecule has 4 aliphatic carbocycles. The van der Waals surface area contributed by atoms with Gasteiger partial charge in [0.05, 0.1) is 19.2 Å². The second kappa shape index (κ2) is 8.79. The molecule has 4 nitrogen and oxygen atoms in total. The minimum atomic E-state index is -0.223. The van der Waals surface area contributed by atoms with Crippen molar-refractivity contribution < 1.29 is 9.53 Å². The number of ether oxygens (including phenoxy) is 1. The third kappa shape index (κ3) is 4.38. The highest BCUT2D eigenvalue weighted by Gasteiger charge is 2.49. The van der Waals surface area contributed by atoms with Gasteiger partial charge in [0.1, 0.15) is 6.10 Å². The average Bonchev–Trinajstić information content (AvgIpc) is 2.77. The maximum Gasteiger partial charge on any atom is 0.317 e. The Bertz CT molecular complexity index is 930. The van der Waals surface area contributed by atoms with Gasteiger partial charge in [-0.05, 0) is 91.2 Å². The molecule has 7 rings (SSSR count). The molecular weight excluding hydrogens is 455 g/mol. The zero-order chi connectivity index (χ0) is 22.5. The fourth-order valence-corrected chi connectivity index (χ4v) is 7.15. The minimum absolute atomic E-state index is 0.00519. The van der Waals surface area contributed by atoms with Crippen LogP contribution in [0.15, 0.2) is 48.5 Å². The van der Waals surface area contributed by atoms with E-state index in [0.29, 0.717) is 41.0 Å². The Hall–Kier alpha value is -1.75. The molecule has 1 N–H and O–H groups in total. The van der Waals surface area contributed by atoms with Crippen LogP contribution in [0.25, 0.3) is 0 Å². The third-order valence-electron chi connectivity index (χ3n) is 8.33. The largest absolute Gasteiger partial charge is 0.362 e. The molecule has 5 fully saturated rings. The van der Waals surface area contributed by atoms with E-state index >= 15 is 0 Å². The number of rotatable bonds is 5. The Labute approximate surface area is 205 Å². The van der Waals surface area contributed by atoms with Gasteiger partial charge in [0.25, 0.3) is 0 Å². The van der Waals surface area contributed by atoms with Crippen LogP contribution in [0.5, 0.6) is 0 Å². The maximum absolute atomic E-state index is 13.0. The summed E-state index contributed by atoms with van der Waals surface area (Å²) in [5, 5.41) is 4.81. The lowest BCUT2D eigenvalue weighted by atomic mass is 9.54. The van der Waals surface area contributed by atoms with E-state index in [1.807, 2.05) is 53.4 Å². The molecule has 0 atom stereocenters. The fourth-order valence-electron chi connectivity index (χ4n) is 6.90. The van der Waals surface area contributed by atoms with Gasteiger partial charge < -0.3 is 15.0 Å².